The Morgan fingerprint density at radius 1 is 1.19 bits per heavy atom. The van der Waals surface area contributed by atoms with Crippen LogP contribution in [0, 0.1) is 0 Å². The highest BCUT2D eigenvalue weighted by Crippen LogP contribution is 2.34. The number of rotatable bonds is 4. The topological polar surface area (TPSA) is 50.9 Å². The maximum absolute atomic E-state index is 13.0. The average molecular weight is 360 g/mol. The van der Waals surface area contributed by atoms with Crippen molar-refractivity contribution in [2.75, 3.05) is 0 Å². The summed E-state index contributed by atoms with van der Waals surface area (Å²) >= 11 is 3.31. The maximum atomic E-state index is 13.0. The first-order chi connectivity index (χ1) is 9.91. The van der Waals surface area contributed by atoms with E-state index in [1.165, 1.54) is 6.20 Å². The Morgan fingerprint density at radius 3 is 2.43 bits per heavy atom. The number of hydrazine groups is 1. The third-order valence-corrected chi connectivity index (χ3v) is 3.62. The van der Waals surface area contributed by atoms with Crippen LogP contribution in [0.3, 0.4) is 0 Å². The molecule has 7 heteroatoms. The zero-order chi connectivity index (χ0) is 15.5. The summed E-state index contributed by atoms with van der Waals surface area (Å²) in [6.07, 6.45) is -1.78. The van der Waals surface area contributed by atoms with Crippen LogP contribution in [0.2, 0.25) is 0 Å². The summed E-state index contributed by atoms with van der Waals surface area (Å²) in [4.78, 5) is 3.78. The van der Waals surface area contributed by atoms with Crippen LogP contribution in [0.5, 0.6) is 0 Å². The van der Waals surface area contributed by atoms with Gasteiger partial charge in [0.25, 0.3) is 0 Å². The second kappa shape index (κ2) is 6.55. The van der Waals surface area contributed by atoms with Gasteiger partial charge in [-0.15, -0.1) is 0 Å². The minimum Gasteiger partial charge on any atom is -0.271 e. The molecule has 0 radical (unpaired) electrons. The van der Waals surface area contributed by atoms with Gasteiger partial charge in [-0.05, 0) is 30.2 Å². The van der Waals surface area contributed by atoms with Gasteiger partial charge in [-0.1, -0.05) is 28.1 Å². The molecule has 0 bridgehead atoms. The summed E-state index contributed by atoms with van der Waals surface area (Å²) in [6.45, 7) is 0. The Labute approximate surface area is 128 Å². The zero-order valence-corrected chi connectivity index (χ0v) is 12.4. The predicted molar refractivity (Wildman–Crippen MR) is 77.1 cm³/mol. The highest BCUT2D eigenvalue weighted by atomic mass is 79.9. The van der Waals surface area contributed by atoms with E-state index in [0.717, 1.165) is 22.3 Å². The zero-order valence-electron chi connectivity index (χ0n) is 10.9. The molecule has 0 spiro atoms. The molecule has 1 atom stereocenters. The molecule has 0 saturated heterocycles. The number of hydrogen-bond acceptors (Lipinski definition) is 3. The smallest absolute Gasteiger partial charge is 0.271 e. The number of nitrogens with zero attached hydrogens (tertiary/aromatic N) is 1. The quantitative estimate of drug-likeness (QED) is 0.647. The van der Waals surface area contributed by atoms with E-state index in [0.29, 0.717) is 6.42 Å². The number of pyridine rings is 1. The molecular weight excluding hydrogens is 347 g/mol. The van der Waals surface area contributed by atoms with Gasteiger partial charge in [0.2, 0.25) is 0 Å². The molecule has 0 aliphatic heterocycles. The van der Waals surface area contributed by atoms with Gasteiger partial charge in [0.1, 0.15) is 0 Å². The Morgan fingerprint density at radius 2 is 1.86 bits per heavy atom. The molecule has 0 amide bonds. The molecule has 2 aromatic rings. The molecule has 3 N–H and O–H groups in total. The lowest BCUT2D eigenvalue weighted by atomic mass is 9.97. The molecule has 3 nitrogen and oxygen atoms in total. The number of halogens is 4. The number of benzene rings is 1. The van der Waals surface area contributed by atoms with Gasteiger partial charge in [0.15, 0.2) is 0 Å². The number of nitrogens with one attached hydrogen (secondary N) is 1. The van der Waals surface area contributed by atoms with E-state index in [1.807, 2.05) is 24.3 Å². The van der Waals surface area contributed by atoms with E-state index in [2.05, 4.69) is 26.3 Å². The van der Waals surface area contributed by atoms with Crippen molar-refractivity contribution in [2.24, 2.45) is 5.84 Å². The lowest BCUT2D eigenvalue weighted by Crippen LogP contribution is -2.31. The lowest BCUT2D eigenvalue weighted by molar-refractivity contribution is -0.138. The van der Waals surface area contributed by atoms with E-state index < -0.39 is 17.8 Å². The number of aromatic nitrogens is 1. The average Bonchev–Trinajstić information content (AvgIpc) is 2.46. The SMILES string of the molecule is NNC(Cc1ccc(Br)cc1)c1cnccc1C(F)(F)F. The van der Waals surface area contributed by atoms with E-state index in [-0.39, 0.29) is 5.56 Å². The van der Waals surface area contributed by atoms with Crippen LogP contribution in [0.15, 0.2) is 47.2 Å². The van der Waals surface area contributed by atoms with E-state index in [1.54, 1.807) is 0 Å². The van der Waals surface area contributed by atoms with Gasteiger partial charge < -0.3 is 0 Å². The molecule has 2 rings (SSSR count). The Kier molecular flexibility index (Phi) is 4.97. The first kappa shape index (κ1) is 15.9. The fourth-order valence-corrected chi connectivity index (χ4v) is 2.32. The summed E-state index contributed by atoms with van der Waals surface area (Å²) in [7, 11) is 0. The monoisotopic (exact) mass is 359 g/mol. The number of hydrogen-bond donors (Lipinski definition) is 2. The fraction of sp³-hybridized carbons (Fsp3) is 0.214. The molecule has 0 aliphatic carbocycles. The Balaban J connectivity index is 2.32. The molecule has 112 valence electrons. The molecule has 1 aromatic heterocycles. The number of alkyl halides is 3. The van der Waals surface area contributed by atoms with Crippen LogP contribution < -0.4 is 11.3 Å². The van der Waals surface area contributed by atoms with Crippen LogP contribution in [-0.2, 0) is 12.6 Å². The molecule has 0 aliphatic rings. The largest absolute Gasteiger partial charge is 0.416 e. The first-order valence-electron chi connectivity index (χ1n) is 6.13. The molecule has 0 saturated carbocycles. The third kappa shape index (κ3) is 4.03. The Bertz CT molecular complexity index is 599. The van der Waals surface area contributed by atoms with Crippen molar-refractivity contribution in [2.45, 2.75) is 18.6 Å². The summed E-state index contributed by atoms with van der Waals surface area (Å²) in [5, 5.41) is 0. The van der Waals surface area contributed by atoms with Crippen molar-refractivity contribution in [1.29, 1.82) is 0 Å². The second-order valence-electron chi connectivity index (χ2n) is 4.51. The summed E-state index contributed by atoms with van der Waals surface area (Å²) < 4.78 is 40.0. The van der Waals surface area contributed by atoms with Gasteiger partial charge in [0, 0.05) is 22.4 Å². The van der Waals surface area contributed by atoms with Crippen molar-refractivity contribution in [3.63, 3.8) is 0 Å². The molecule has 1 heterocycles. The maximum Gasteiger partial charge on any atom is 0.416 e. The highest BCUT2D eigenvalue weighted by Gasteiger charge is 2.35. The third-order valence-electron chi connectivity index (χ3n) is 3.09. The summed E-state index contributed by atoms with van der Waals surface area (Å²) in [5.41, 5.74) is 2.63. The van der Waals surface area contributed by atoms with Gasteiger partial charge in [-0.2, -0.15) is 13.2 Å². The molecular formula is C14H13BrF3N3. The van der Waals surface area contributed by atoms with Crippen molar-refractivity contribution in [3.8, 4) is 0 Å². The summed E-state index contributed by atoms with van der Waals surface area (Å²) in [5.74, 6) is 5.44. The minimum absolute atomic E-state index is 0.0374. The van der Waals surface area contributed by atoms with Crippen molar-refractivity contribution < 1.29 is 13.2 Å². The van der Waals surface area contributed by atoms with Crippen molar-refractivity contribution >= 4 is 15.9 Å². The highest BCUT2D eigenvalue weighted by molar-refractivity contribution is 9.10. The summed E-state index contributed by atoms with van der Waals surface area (Å²) in [6, 6.07) is 7.61. The van der Waals surface area contributed by atoms with E-state index in [9.17, 15) is 13.2 Å². The van der Waals surface area contributed by atoms with Gasteiger partial charge >= 0.3 is 6.18 Å². The molecule has 1 unspecified atom stereocenters. The normalized spacial score (nSPS) is 13.2. The molecule has 0 fully saturated rings. The van der Waals surface area contributed by atoms with Crippen LogP contribution in [0.25, 0.3) is 0 Å². The van der Waals surface area contributed by atoms with E-state index in [4.69, 9.17) is 5.84 Å². The van der Waals surface area contributed by atoms with Crippen LogP contribution >= 0.6 is 15.9 Å². The second-order valence-corrected chi connectivity index (χ2v) is 5.43. The van der Waals surface area contributed by atoms with Gasteiger partial charge in [0.05, 0.1) is 11.6 Å². The Hall–Kier alpha value is -1.44. The first-order valence-corrected chi connectivity index (χ1v) is 6.93. The predicted octanol–water partition coefficient (Wildman–Crippen LogP) is 3.61. The van der Waals surface area contributed by atoms with Gasteiger partial charge in [-0.25, -0.2) is 0 Å². The van der Waals surface area contributed by atoms with Crippen molar-refractivity contribution in [3.05, 3.63) is 63.9 Å². The van der Waals surface area contributed by atoms with Gasteiger partial charge in [-0.3, -0.25) is 16.3 Å². The van der Waals surface area contributed by atoms with Crippen LogP contribution in [-0.4, -0.2) is 4.98 Å². The van der Waals surface area contributed by atoms with Crippen LogP contribution in [0.4, 0.5) is 13.2 Å². The fourth-order valence-electron chi connectivity index (χ4n) is 2.06. The molecule has 21 heavy (non-hydrogen) atoms. The molecule has 1 aromatic carbocycles. The number of nitrogens with two attached hydrogens (primary N) is 1. The minimum atomic E-state index is -4.44. The standard InChI is InChI=1S/C14H13BrF3N3/c15-10-3-1-9(2-4-10)7-13(21-19)11-8-20-6-5-12(11)14(16,17)18/h1-6,8,13,21H,7,19H2. The van der Waals surface area contributed by atoms with E-state index >= 15 is 0 Å². The lowest BCUT2D eigenvalue weighted by Gasteiger charge is -2.20. The van der Waals surface area contributed by atoms with Crippen molar-refractivity contribution in [1.82, 2.24) is 10.4 Å². The van der Waals surface area contributed by atoms with Crippen LogP contribution in [0.1, 0.15) is 22.7 Å².